The number of aliphatic hydroxyl groups is 5. The quantitative estimate of drug-likeness (QED) is 0.0894. The zero-order valence-corrected chi connectivity index (χ0v) is 45.6. The van der Waals surface area contributed by atoms with Crippen molar-refractivity contribution in [2.24, 2.45) is 16.7 Å². The minimum atomic E-state index is -2.02. The molecule has 0 aromatic heterocycles. The van der Waals surface area contributed by atoms with E-state index in [0.717, 1.165) is 5.57 Å². The van der Waals surface area contributed by atoms with Gasteiger partial charge in [0.1, 0.15) is 59.5 Å². The lowest BCUT2D eigenvalue weighted by atomic mass is 9.42. The number of ether oxygens (including phenoxy) is 13. The van der Waals surface area contributed by atoms with E-state index in [9.17, 15) is 35.1 Å². The van der Waals surface area contributed by atoms with Crippen LogP contribution in [0.25, 0.3) is 0 Å². The van der Waals surface area contributed by atoms with Crippen LogP contribution in [0.5, 0.6) is 0 Å². The molecule has 8 rings (SSSR count). The van der Waals surface area contributed by atoms with E-state index < -0.39 is 156 Å². The Bertz CT molecular complexity index is 2060. The van der Waals surface area contributed by atoms with E-state index in [0.29, 0.717) is 44.1 Å². The Kier molecular flexibility index (Phi) is 17.5. The Morgan fingerprint density at radius 2 is 1.19 bits per heavy atom. The number of methoxy groups -OCH3 is 4. The lowest BCUT2D eigenvalue weighted by molar-refractivity contribution is -0.356. The predicted molar refractivity (Wildman–Crippen MR) is 261 cm³/mol. The maximum absolute atomic E-state index is 13.4. The highest BCUT2D eigenvalue weighted by atomic mass is 16.8. The van der Waals surface area contributed by atoms with Crippen LogP contribution in [0, 0.1) is 16.7 Å². The molecule has 8 aliphatic rings. The second kappa shape index (κ2) is 22.2. The monoisotopic (exact) mass is 1050 g/mol. The molecule has 422 valence electrons. The molecule has 7 fully saturated rings. The fourth-order valence-corrected chi connectivity index (χ4v) is 14.5. The molecule has 20 nitrogen and oxygen atoms in total. The van der Waals surface area contributed by atoms with Crippen LogP contribution < -0.4 is 0 Å². The number of allylic oxidation sites excluding steroid dienone is 1. The van der Waals surface area contributed by atoms with Crippen LogP contribution in [0.4, 0.5) is 0 Å². The average Bonchev–Trinajstić information content (AvgIpc) is 3.60. The first-order valence-electron chi connectivity index (χ1n) is 26.8. The van der Waals surface area contributed by atoms with Crippen molar-refractivity contribution in [1.29, 1.82) is 0 Å². The van der Waals surface area contributed by atoms with Gasteiger partial charge in [-0.1, -0.05) is 24.6 Å². The van der Waals surface area contributed by atoms with Gasteiger partial charge in [-0.15, -0.1) is 0 Å². The summed E-state index contributed by atoms with van der Waals surface area (Å²) < 4.78 is 80.8. The molecule has 74 heavy (non-hydrogen) atoms. The van der Waals surface area contributed by atoms with Crippen molar-refractivity contribution < 1.29 is 96.7 Å². The van der Waals surface area contributed by atoms with Crippen molar-refractivity contribution in [3.8, 4) is 0 Å². The van der Waals surface area contributed by atoms with Gasteiger partial charge in [-0.2, -0.15) is 0 Å². The molecule has 4 aliphatic carbocycles. The van der Waals surface area contributed by atoms with Crippen molar-refractivity contribution in [3.63, 3.8) is 0 Å². The van der Waals surface area contributed by atoms with E-state index in [-0.39, 0.29) is 31.8 Å². The number of Topliss-reactive ketones (excluding diaryl/α,β-unsaturated/α-hetero) is 1. The van der Waals surface area contributed by atoms with E-state index in [1.54, 1.807) is 55.1 Å². The summed E-state index contributed by atoms with van der Waals surface area (Å²) in [6, 6.07) is 0. The van der Waals surface area contributed by atoms with Crippen LogP contribution in [-0.4, -0.2) is 199 Å². The Balaban J connectivity index is 0.874. The summed E-state index contributed by atoms with van der Waals surface area (Å²) in [4.78, 5) is 26.6. The van der Waals surface area contributed by atoms with Crippen LogP contribution in [0.15, 0.2) is 23.3 Å². The normalized spacial score (nSPS) is 50.8. The molecule has 0 bridgehead atoms. The van der Waals surface area contributed by atoms with E-state index in [4.69, 9.17) is 61.6 Å². The van der Waals surface area contributed by atoms with Crippen LogP contribution in [-0.2, 0) is 71.2 Å². The summed E-state index contributed by atoms with van der Waals surface area (Å²) in [5, 5.41) is 59.2. The number of rotatable bonds is 15. The number of carbonyl (C=O) groups excluding carboxylic acids is 2. The fourth-order valence-electron chi connectivity index (χ4n) is 14.5. The van der Waals surface area contributed by atoms with Gasteiger partial charge in [-0.05, 0) is 106 Å². The van der Waals surface area contributed by atoms with Gasteiger partial charge in [-0.3, -0.25) is 4.79 Å². The van der Waals surface area contributed by atoms with E-state index >= 15 is 0 Å². The minimum Gasteiger partial charge on any atom is -0.458 e. The van der Waals surface area contributed by atoms with Crippen LogP contribution in [0.3, 0.4) is 0 Å². The van der Waals surface area contributed by atoms with Gasteiger partial charge < -0.3 is 87.1 Å². The van der Waals surface area contributed by atoms with Crippen LogP contribution >= 0.6 is 0 Å². The van der Waals surface area contributed by atoms with Crippen molar-refractivity contribution in [3.05, 3.63) is 23.3 Å². The molecule has 0 spiro atoms. The second-order valence-corrected chi connectivity index (χ2v) is 22.9. The first-order valence-corrected chi connectivity index (χ1v) is 26.8. The molecule has 3 saturated carbocycles. The Labute approximate surface area is 435 Å². The zero-order chi connectivity index (χ0) is 54.0. The lowest BCUT2D eigenvalue weighted by Gasteiger charge is -2.67. The third-order valence-electron chi connectivity index (χ3n) is 19.2. The third-order valence-corrected chi connectivity index (χ3v) is 19.2. The SMILES string of the molecule is C/C=C(\C)C(=O)O[C@@H]1C[C@@H]2[C@@]3(C)CC[C@H](O[C@H]4C[C@H](OC)[C@H](O[C@H]5C[C@H](OC)[C@H](O[C@H]6C[C@H](OC)[C@H](O[C@@H]7O[C@H](C)[C@@H](O)[C@H](OC)[C@H]7O)[C@@H](C)O6)[C@@H](C)O5)[C@@H](C)O4)CC3=CC[C@@]2(O)[C@@]2(O)CC[C@@](O)(C(C)=O)[C@@]12C. The molecule has 0 aromatic rings. The molecule has 0 amide bonds. The highest BCUT2D eigenvalue weighted by molar-refractivity contribution is 5.89. The molecular formula is C54H86O20. The molecule has 4 aliphatic heterocycles. The molecular weight excluding hydrogens is 969 g/mol. The van der Waals surface area contributed by atoms with E-state index in [2.05, 4.69) is 6.92 Å². The van der Waals surface area contributed by atoms with Crippen molar-refractivity contribution >= 4 is 11.8 Å². The van der Waals surface area contributed by atoms with E-state index in [1.807, 2.05) is 26.8 Å². The summed E-state index contributed by atoms with van der Waals surface area (Å²) in [7, 11) is 6.24. The number of hydrogen-bond donors (Lipinski definition) is 5. The first-order chi connectivity index (χ1) is 34.9. The van der Waals surface area contributed by atoms with Gasteiger partial charge in [0.2, 0.25) is 0 Å². The van der Waals surface area contributed by atoms with Crippen molar-refractivity contribution in [2.75, 3.05) is 28.4 Å². The smallest absolute Gasteiger partial charge is 0.333 e. The van der Waals surface area contributed by atoms with Crippen LogP contribution in [0.2, 0.25) is 0 Å². The molecule has 0 radical (unpaired) electrons. The Morgan fingerprint density at radius 3 is 1.69 bits per heavy atom. The van der Waals surface area contributed by atoms with Gasteiger partial charge in [0.15, 0.2) is 30.9 Å². The second-order valence-electron chi connectivity index (χ2n) is 22.9. The molecule has 25 atom stereocenters. The lowest BCUT2D eigenvalue weighted by Crippen LogP contribution is -2.78. The molecule has 5 N–H and O–H groups in total. The highest BCUT2D eigenvalue weighted by Gasteiger charge is 2.81. The maximum Gasteiger partial charge on any atom is 0.333 e. The largest absolute Gasteiger partial charge is 0.458 e. The summed E-state index contributed by atoms with van der Waals surface area (Å²) in [6.45, 7) is 15.7. The molecule has 4 heterocycles. The van der Waals surface area contributed by atoms with Crippen molar-refractivity contribution in [1.82, 2.24) is 0 Å². The minimum absolute atomic E-state index is 0.0386. The summed E-state index contributed by atoms with van der Waals surface area (Å²) >= 11 is 0. The highest BCUT2D eigenvalue weighted by Crippen LogP contribution is 2.71. The van der Waals surface area contributed by atoms with Gasteiger partial charge in [0, 0.05) is 59.2 Å². The Morgan fingerprint density at radius 1 is 0.662 bits per heavy atom. The number of fused-ring (bicyclic) bond motifs is 5. The summed E-state index contributed by atoms with van der Waals surface area (Å²) in [5.41, 5.74) is -6.57. The van der Waals surface area contributed by atoms with Crippen LogP contribution in [0.1, 0.15) is 127 Å². The summed E-state index contributed by atoms with van der Waals surface area (Å²) in [6.07, 6.45) is -6.19. The van der Waals surface area contributed by atoms with Gasteiger partial charge >= 0.3 is 5.97 Å². The van der Waals surface area contributed by atoms with E-state index in [1.165, 1.54) is 14.0 Å². The molecule has 20 heteroatoms. The van der Waals surface area contributed by atoms with Gasteiger partial charge in [-0.25, -0.2) is 4.79 Å². The number of hydrogen-bond acceptors (Lipinski definition) is 20. The average molecular weight is 1060 g/mol. The number of aliphatic hydroxyl groups excluding tert-OH is 2. The first kappa shape index (κ1) is 58.1. The van der Waals surface area contributed by atoms with Crippen molar-refractivity contribution in [2.45, 2.75) is 260 Å². The van der Waals surface area contributed by atoms with Gasteiger partial charge in [0.25, 0.3) is 0 Å². The summed E-state index contributed by atoms with van der Waals surface area (Å²) in [5.74, 6) is -1.70. The predicted octanol–water partition coefficient (Wildman–Crippen LogP) is 3.46. The van der Waals surface area contributed by atoms with Gasteiger partial charge in [0.05, 0.1) is 54.2 Å². The third kappa shape index (κ3) is 9.82. The molecule has 0 aromatic carbocycles. The number of ketones is 1. The zero-order valence-electron chi connectivity index (χ0n) is 45.6. The number of esters is 1. The fraction of sp³-hybridized carbons (Fsp3) is 0.889. The Hall–Kier alpha value is -2.06. The topological polar surface area (TPSA) is 255 Å². The standard InChI is InChI=1S/C54H86O20/c1-14-26(2)48(58)71-38-25-37-50(8)17-16-33(21-32(50)15-18-53(37,60)54(61)20-19-52(59,31(7)55)51(38,54)9)70-39-22-34(62-10)44(28(4)66-39)72-40-23-35(63-11)45(29(5)67-40)73-41-24-36(64-12)46(30(6)68-41)74-49-43(57)47(65-13)42(56)27(3)69-49/h14-15,27-30,33-47,49,56-57,59-61H,16-25H2,1-13H3/b26-14+/t27-,28-,29-,30-,33+,34+,35+,36+,37-,38-,39+,40+,41+,42-,43-,44-,45-,46-,47+,49+,50+,51-,52-,53+,54-/m1/s1. The molecule has 4 saturated heterocycles. The maximum atomic E-state index is 13.4. The number of carbonyl (C=O) groups is 2. The molecule has 0 unspecified atom stereocenters.